The number of carbonyl (C=O) groups excluding carboxylic acids is 1. The lowest BCUT2D eigenvalue weighted by atomic mass is 9.96. The molecular weight excluding hydrogens is 1200 g/mol. The van der Waals surface area contributed by atoms with Gasteiger partial charge >= 0.3 is 0 Å². The summed E-state index contributed by atoms with van der Waals surface area (Å²) in [7, 11) is 0. The molecule has 94 heavy (non-hydrogen) atoms. The van der Waals surface area contributed by atoms with E-state index in [0.29, 0.717) is 12.8 Å². The Balaban J connectivity index is 1.34. The molecule has 0 aromatic rings. The zero-order valence-corrected chi connectivity index (χ0v) is 56.9. The minimum Gasteiger partial charge on any atom is -0.394 e. The van der Waals surface area contributed by atoms with Crippen molar-refractivity contribution in [2.75, 3.05) is 26.4 Å². The summed E-state index contributed by atoms with van der Waals surface area (Å²) in [6.07, 6.45) is 49.1. The van der Waals surface area contributed by atoms with Crippen LogP contribution in [0.4, 0.5) is 0 Å². The van der Waals surface area contributed by atoms with Gasteiger partial charge in [0, 0.05) is 6.42 Å². The Hall–Kier alpha value is -3.81. The fraction of sp³-hybridized carbons (Fsp3) is 0.720. The average Bonchev–Trinajstić information content (AvgIpc) is 0.794. The van der Waals surface area contributed by atoms with E-state index in [1.807, 2.05) is 6.08 Å². The summed E-state index contributed by atoms with van der Waals surface area (Å²) in [4.78, 5) is 13.4. The minimum absolute atomic E-state index is 0.226. The zero-order valence-electron chi connectivity index (χ0n) is 56.9. The van der Waals surface area contributed by atoms with Crippen molar-refractivity contribution in [3.8, 4) is 0 Å². The molecule has 0 aliphatic carbocycles. The minimum atomic E-state index is -1.99. The quantitative estimate of drug-likeness (QED) is 0.0199. The Morgan fingerprint density at radius 2 is 0.745 bits per heavy atom. The van der Waals surface area contributed by atoms with E-state index in [-0.39, 0.29) is 18.9 Å². The van der Waals surface area contributed by atoms with E-state index in [1.165, 1.54) is 77.0 Å². The molecule has 3 aliphatic rings. The van der Waals surface area contributed by atoms with E-state index < -0.39 is 124 Å². The fourth-order valence-electron chi connectivity index (χ4n) is 11.2. The topological polar surface area (TPSA) is 307 Å². The standard InChI is InChI=1S/C75H125NO18/c1-3-5-7-9-11-13-15-17-18-19-20-21-22-23-24-25-26-27-28-29-30-31-32-33-34-35-36-37-38-39-40-41-43-45-47-49-51-53-63(81)76-58(59(80)52-50-48-46-44-42-16-14-12-10-8-6-4-2)57-89-73-69(87)66(84)71(61(55-78)91-73)94-75-70(88)67(85)72(62(56-79)92-75)93-74-68(86)65(83)64(82)60(54-77)90-74/h5,7,11,13,17-18,20-21,23-24,26-27,29-30,32-33,42,44,50,52,58-62,64-75,77-80,82-88H,3-4,6,8-10,12,14-16,19,22,25,28,31,34-41,43,45-49,51,53-57H2,1-2H3,(H,76,81)/b7-5-,13-11-,18-17-,21-20-,24-23-,27-26-,30-29-,33-32-,44-42+,52-50+. The largest absolute Gasteiger partial charge is 0.394 e. The molecule has 19 heteroatoms. The molecule has 0 aromatic heterocycles. The number of hydrogen-bond donors (Lipinski definition) is 12. The number of carbonyl (C=O) groups is 1. The summed E-state index contributed by atoms with van der Waals surface area (Å²) in [6.45, 7) is 1.55. The maximum Gasteiger partial charge on any atom is 0.220 e. The highest BCUT2D eigenvalue weighted by Gasteiger charge is 2.53. The van der Waals surface area contributed by atoms with Crippen molar-refractivity contribution in [3.63, 3.8) is 0 Å². The first kappa shape index (κ1) is 84.4. The second kappa shape index (κ2) is 55.1. The molecule has 538 valence electrons. The number of ether oxygens (including phenoxy) is 6. The van der Waals surface area contributed by atoms with Crippen LogP contribution in [0.3, 0.4) is 0 Å². The highest BCUT2D eigenvalue weighted by Crippen LogP contribution is 2.33. The first-order chi connectivity index (χ1) is 45.8. The third kappa shape index (κ3) is 36.1. The molecule has 17 unspecified atom stereocenters. The lowest BCUT2D eigenvalue weighted by Gasteiger charge is -2.48. The summed E-state index contributed by atoms with van der Waals surface area (Å²) in [6, 6.07) is -0.997. The van der Waals surface area contributed by atoms with Gasteiger partial charge in [-0.25, -0.2) is 0 Å². The summed E-state index contributed by atoms with van der Waals surface area (Å²) < 4.78 is 34.3. The van der Waals surface area contributed by atoms with Gasteiger partial charge in [-0.1, -0.05) is 232 Å². The number of unbranched alkanes of at least 4 members (excludes halogenated alkanes) is 19. The van der Waals surface area contributed by atoms with Crippen LogP contribution in [0.1, 0.15) is 213 Å². The normalized spacial score (nSPS) is 28.1. The van der Waals surface area contributed by atoms with Crippen LogP contribution in [0.25, 0.3) is 0 Å². The Labute approximate surface area is 563 Å². The monoisotopic (exact) mass is 1330 g/mol. The van der Waals surface area contributed by atoms with Crippen molar-refractivity contribution >= 4 is 5.91 Å². The SMILES string of the molecule is CC/C=C\C/C=C\C/C=C\C/C=C\C/C=C\C/C=C\C/C=C\C/C=C\CCCCCCCCCCCCCCC(=O)NC(COC1OC(CO)C(OC2OC(CO)C(OC3OC(CO)C(O)C(O)C3O)C(O)C2O)C(O)C1O)C(O)/C=C/CC/C=C/CCCCCCCC. The highest BCUT2D eigenvalue weighted by atomic mass is 16.8. The zero-order chi connectivity index (χ0) is 68.2. The van der Waals surface area contributed by atoms with Gasteiger partial charge < -0.3 is 89.9 Å². The first-order valence-corrected chi connectivity index (χ1v) is 35.8. The van der Waals surface area contributed by atoms with Gasteiger partial charge in [-0.2, -0.15) is 0 Å². The number of amides is 1. The van der Waals surface area contributed by atoms with Gasteiger partial charge in [-0.05, 0) is 96.3 Å². The van der Waals surface area contributed by atoms with Crippen LogP contribution in [0.15, 0.2) is 122 Å². The molecule has 0 aromatic carbocycles. The second-order valence-corrected chi connectivity index (χ2v) is 25.0. The van der Waals surface area contributed by atoms with Gasteiger partial charge in [-0.3, -0.25) is 4.79 Å². The van der Waals surface area contributed by atoms with Gasteiger partial charge in [0.25, 0.3) is 0 Å². The molecule has 0 spiro atoms. The van der Waals surface area contributed by atoms with Crippen LogP contribution in [-0.2, 0) is 33.2 Å². The Kier molecular flexibility index (Phi) is 49.5. The number of aliphatic hydroxyl groups is 11. The molecule has 0 saturated carbocycles. The number of rotatable bonds is 53. The molecule has 3 rings (SSSR count). The van der Waals surface area contributed by atoms with Gasteiger partial charge in [0.1, 0.15) is 73.2 Å². The molecule has 0 bridgehead atoms. The average molecular weight is 1330 g/mol. The third-order valence-corrected chi connectivity index (χ3v) is 17.0. The summed E-state index contributed by atoms with van der Waals surface area (Å²) in [5.74, 6) is -0.294. The molecule has 3 heterocycles. The third-order valence-electron chi connectivity index (χ3n) is 17.0. The molecular formula is C75H125NO18. The van der Waals surface area contributed by atoms with E-state index in [4.69, 9.17) is 28.4 Å². The van der Waals surface area contributed by atoms with E-state index in [9.17, 15) is 61.0 Å². The van der Waals surface area contributed by atoms with E-state index in [1.54, 1.807) is 6.08 Å². The fourth-order valence-corrected chi connectivity index (χ4v) is 11.2. The molecule has 0 radical (unpaired) electrons. The summed E-state index contributed by atoms with van der Waals surface area (Å²) >= 11 is 0. The molecule has 12 N–H and O–H groups in total. The maximum atomic E-state index is 13.4. The van der Waals surface area contributed by atoms with Crippen LogP contribution in [0.5, 0.6) is 0 Å². The van der Waals surface area contributed by atoms with Crippen molar-refractivity contribution < 1.29 is 89.4 Å². The molecule has 3 fully saturated rings. The van der Waals surface area contributed by atoms with Crippen molar-refractivity contribution in [1.82, 2.24) is 5.32 Å². The lowest BCUT2D eigenvalue weighted by molar-refractivity contribution is -0.379. The van der Waals surface area contributed by atoms with Crippen molar-refractivity contribution in [1.29, 1.82) is 0 Å². The number of nitrogens with one attached hydrogen (secondary N) is 1. The maximum absolute atomic E-state index is 13.4. The number of hydrogen-bond acceptors (Lipinski definition) is 18. The Morgan fingerprint density at radius 3 is 1.19 bits per heavy atom. The molecule has 19 nitrogen and oxygen atoms in total. The Bertz CT molecular complexity index is 2180. The van der Waals surface area contributed by atoms with E-state index in [0.717, 1.165) is 103 Å². The molecule has 1 amide bonds. The first-order valence-electron chi connectivity index (χ1n) is 35.8. The van der Waals surface area contributed by atoms with Gasteiger partial charge in [0.2, 0.25) is 5.91 Å². The van der Waals surface area contributed by atoms with Gasteiger partial charge in [0.15, 0.2) is 18.9 Å². The second-order valence-electron chi connectivity index (χ2n) is 25.0. The van der Waals surface area contributed by atoms with Gasteiger partial charge in [-0.15, -0.1) is 0 Å². The molecule has 3 aliphatic heterocycles. The van der Waals surface area contributed by atoms with Gasteiger partial charge in [0.05, 0.1) is 38.6 Å². The predicted octanol–water partition coefficient (Wildman–Crippen LogP) is 9.99. The summed E-state index contributed by atoms with van der Waals surface area (Å²) in [5.41, 5.74) is 0. The number of allylic oxidation sites excluding steroid dienone is 19. The van der Waals surface area contributed by atoms with Crippen molar-refractivity contribution in [3.05, 3.63) is 122 Å². The highest BCUT2D eigenvalue weighted by molar-refractivity contribution is 5.76. The van der Waals surface area contributed by atoms with E-state index in [2.05, 4.69) is 129 Å². The van der Waals surface area contributed by atoms with Crippen LogP contribution < -0.4 is 5.32 Å². The van der Waals surface area contributed by atoms with Crippen LogP contribution in [-0.4, -0.2) is 193 Å². The van der Waals surface area contributed by atoms with Crippen LogP contribution in [0, 0.1) is 0 Å². The van der Waals surface area contributed by atoms with Crippen molar-refractivity contribution in [2.45, 2.75) is 317 Å². The van der Waals surface area contributed by atoms with Crippen LogP contribution >= 0.6 is 0 Å². The molecule has 17 atom stereocenters. The van der Waals surface area contributed by atoms with Crippen LogP contribution in [0.2, 0.25) is 0 Å². The van der Waals surface area contributed by atoms with Crippen molar-refractivity contribution in [2.24, 2.45) is 0 Å². The smallest absolute Gasteiger partial charge is 0.220 e. The lowest BCUT2D eigenvalue weighted by Crippen LogP contribution is -2.66. The summed E-state index contributed by atoms with van der Waals surface area (Å²) in [5, 5.41) is 120. The Morgan fingerprint density at radius 1 is 0.394 bits per heavy atom. The molecule has 3 saturated heterocycles. The van der Waals surface area contributed by atoms with E-state index >= 15 is 0 Å². The number of aliphatic hydroxyl groups excluding tert-OH is 11. The predicted molar refractivity (Wildman–Crippen MR) is 369 cm³/mol.